The van der Waals surface area contributed by atoms with Gasteiger partial charge in [-0.1, -0.05) is 29.3 Å². The van der Waals surface area contributed by atoms with E-state index in [1.54, 1.807) is 12.3 Å². The van der Waals surface area contributed by atoms with Gasteiger partial charge in [-0.15, -0.1) is 0 Å². The molecule has 0 radical (unpaired) electrons. The summed E-state index contributed by atoms with van der Waals surface area (Å²) in [6.45, 7) is 0.612. The smallest absolute Gasteiger partial charge is 0.197 e. The number of benzene rings is 1. The van der Waals surface area contributed by atoms with Crippen LogP contribution in [0.1, 0.15) is 5.56 Å². The molecule has 0 unspecified atom stereocenters. The predicted molar refractivity (Wildman–Crippen MR) is 76.0 cm³/mol. The Hall–Kier alpha value is -1.65. The molecule has 1 aliphatic heterocycles. The molecule has 0 N–H and O–H groups in total. The van der Waals surface area contributed by atoms with Crippen LogP contribution in [0.2, 0.25) is 10.0 Å². The van der Waals surface area contributed by atoms with Crippen molar-refractivity contribution in [1.29, 1.82) is 0 Å². The van der Waals surface area contributed by atoms with Gasteiger partial charge in [0, 0.05) is 13.2 Å². The van der Waals surface area contributed by atoms with Gasteiger partial charge in [-0.3, -0.25) is 4.68 Å². The first-order valence-electron chi connectivity index (χ1n) is 5.71. The number of nitrogens with zero attached hydrogens (tertiary/aromatic N) is 3. The lowest BCUT2D eigenvalue weighted by atomic mass is 10.2. The van der Waals surface area contributed by atoms with Gasteiger partial charge in [0.15, 0.2) is 11.6 Å². The number of aromatic nitrogens is 2. The van der Waals surface area contributed by atoms with Crippen LogP contribution in [0.4, 0.5) is 5.82 Å². The Balaban J connectivity index is 1.86. The summed E-state index contributed by atoms with van der Waals surface area (Å²) in [6, 6.07) is 5.55. The van der Waals surface area contributed by atoms with E-state index in [9.17, 15) is 0 Å². The lowest BCUT2D eigenvalue weighted by Gasteiger charge is -2.15. The van der Waals surface area contributed by atoms with E-state index in [4.69, 9.17) is 27.9 Å². The minimum atomic E-state index is 0.547. The highest BCUT2D eigenvalue weighted by atomic mass is 35.5. The Kier molecular flexibility index (Phi) is 3.12. The molecule has 3 rings (SSSR count). The van der Waals surface area contributed by atoms with E-state index in [-0.39, 0.29) is 0 Å². The van der Waals surface area contributed by atoms with Gasteiger partial charge in [-0.05, 0) is 17.7 Å². The summed E-state index contributed by atoms with van der Waals surface area (Å²) in [7, 11) is 1.92. The molecule has 0 bridgehead atoms. The van der Waals surface area contributed by atoms with Crippen LogP contribution in [0, 0.1) is 0 Å². The maximum atomic E-state index is 6.00. The molecule has 2 aromatic rings. The summed E-state index contributed by atoms with van der Waals surface area (Å²) in [6.07, 6.45) is 5.31. The molecule has 0 saturated carbocycles. The zero-order valence-corrected chi connectivity index (χ0v) is 11.7. The first-order chi connectivity index (χ1) is 9.13. The first-order valence-corrected chi connectivity index (χ1v) is 6.46. The van der Waals surface area contributed by atoms with E-state index < -0.39 is 0 Å². The molecule has 98 valence electrons. The van der Waals surface area contributed by atoms with Crippen molar-refractivity contribution in [3.05, 3.63) is 52.5 Å². The molecule has 1 aromatic heterocycles. The number of hydrogen-bond donors (Lipinski definition) is 0. The van der Waals surface area contributed by atoms with Gasteiger partial charge in [-0.2, -0.15) is 5.10 Å². The SMILES string of the molecule is CN1C=COc2cn(Cc3ccc(Cl)c(Cl)c3)nc21. The number of fused-ring (bicyclic) bond motifs is 1. The Labute approximate surface area is 120 Å². The van der Waals surface area contributed by atoms with E-state index in [1.807, 2.05) is 41.2 Å². The zero-order valence-electron chi connectivity index (χ0n) is 10.2. The van der Waals surface area contributed by atoms with Gasteiger partial charge in [0.2, 0.25) is 0 Å². The molecular weight excluding hydrogens is 285 g/mol. The second-order valence-corrected chi connectivity index (χ2v) is 5.09. The molecule has 2 heterocycles. The molecular formula is C13H11Cl2N3O. The number of ether oxygens (including phenoxy) is 1. The fourth-order valence-electron chi connectivity index (χ4n) is 1.89. The highest BCUT2D eigenvalue weighted by Gasteiger charge is 2.16. The van der Waals surface area contributed by atoms with Crippen LogP contribution in [0.3, 0.4) is 0 Å². The fourth-order valence-corrected chi connectivity index (χ4v) is 2.21. The Bertz CT molecular complexity index is 651. The highest BCUT2D eigenvalue weighted by molar-refractivity contribution is 6.42. The Morgan fingerprint density at radius 3 is 2.84 bits per heavy atom. The van der Waals surface area contributed by atoms with Crippen LogP contribution in [0.25, 0.3) is 0 Å². The molecule has 0 fully saturated rings. The molecule has 1 aromatic carbocycles. The summed E-state index contributed by atoms with van der Waals surface area (Å²) in [5, 5.41) is 5.57. The molecule has 4 nitrogen and oxygen atoms in total. The van der Waals surface area contributed by atoms with Crippen molar-refractivity contribution in [2.45, 2.75) is 6.54 Å². The van der Waals surface area contributed by atoms with Crippen molar-refractivity contribution in [3.8, 4) is 5.75 Å². The molecule has 0 spiro atoms. The zero-order chi connectivity index (χ0) is 13.4. The number of anilines is 1. The predicted octanol–water partition coefficient (Wildman–Crippen LogP) is 3.54. The van der Waals surface area contributed by atoms with Crippen LogP contribution in [-0.4, -0.2) is 16.8 Å². The largest absolute Gasteiger partial charge is 0.458 e. The molecule has 6 heteroatoms. The van der Waals surface area contributed by atoms with E-state index >= 15 is 0 Å². The molecule has 19 heavy (non-hydrogen) atoms. The summed E-state index contributed by atoms with van der Waals surface area (Å²) in [5.41, 5.74) is 1.03. The molecule has 0 aliphatic carbocycles. The van der Waals surface area contributed by atoms with Crippen LogP contribution in [0.15, 0.2) is 36.9 Å². The maximum Gasteiger partial charge on any atom is 0.197 e. The van der Waals surface area contributed by atoms with Crippen molar-refractivity contribution in [2.75, 3.05) is 11.9 Å². The van der Waals surface area contributed by atoms with Crippen molar-refractivity contribution in [1.82, 2.24) is 9.78 Å². The third kappa shape index (κ3) is 2.41. The van der Waals surface area contributed by atoms with Gasteiger partial charge < -0.3 is 9.64 Å². The fraction of sp³-hybridized carbons (Fsp3) is 0.154. The van der Waals surface area contributed by atoms with Crippen LogP contribution in [0.5, 0.6) is 5.75 Å². The maximum absolute atomic E-state index is 6.00. The Morgan fingerprint density at radius 2 is 2.11 bits per heavy atom. The van der Waals surface area contributed by atoms with Crippen molar-refractivity contribution in [2.24, 2.45) is 0 Å². The van der Waals surface area contributed by atoms with Crippen LogP contribution in [-0.2, 0) is 6.54 Å². The van der Waals surface area contributed by atoms with Gasteiger partial charge in [0.1, 0.15) is 6.26 Å². The average molecular weight is 296 g/mol. The molecule has 0 saturated heterocycles. The second kappa shape index (κ2) is 4.79. The molecule has 0 atom stereocenters. The Morgan fingerprint density at radius 1 is 1.26 bits per heavy atom. The van der Waals surface area contributed by atoms with Gasteiger partial charge in [-0.25, -0.2) is 0 Å². The summed E-state index contributed by atoms with van der Waals surface area (Å²) >= 11 is 11.9. The van der Waals surface area contributed by atoms with Crippen molar-refractivity contribution in [3.63, 3.8) is 0 Å². The lowest BCUT2D eigenvalue weighted by Crippen LogP contribution is -2.13. The topological polar surface area (TPSA) is 30.3 Å². The molecule has 1 aliphatic rings. The second-order valence-electron chi connectivity index (χ2n) is 4.28. The van der Waals surface area contributed by atoms with Crippen molar-refractivity contribution >= 4 is 29.0 Å². The van der Waals surface area contributed by atoms with Crippen molar-refractivity contribution < 1.29 is 4.74 Å². The minimum Gasteiger partial charge on any atom is -0.458 e. The summed E-state index contributed by atoms with van der Waals surface area (Å²) < 4.78 is 7.22. The average Bonchev–Trinajstić information content (AvgIpc) is 2.78. The standard InChI is InChI=1S/C13H11Cl2N3O/c1-17-4-5-19-12-8-18(16-13(12)17)7-9-2-3-10(14)11(15)6-9/h2-6,8H,7H2,1H3. The lowest BCUT2D eigenvalue weighted by molar-refractivity contribution is 0.471. The summed E-state index contributed by atoms with van der Waals surface area (Å²) in [5.74, 6) is 1.53. The number of hydrogen-bond acceptors (Lipinski definition) is 3. The van der Waals surface area contributed by atoms with E-state index in [1.165, 1.54) is 0 Å². The third-order valence-electron chi connectivity index (χ3n) is 2.85. The number of halogens is 2. The van der Waals surface area contributed by atoms with Gasteiger partial charge >= 0.3 is 0 Å². The van der Waals surface area contributed by atoms with E-state index in [0.29, 0.717) is 16.6 Å². The highest BCUT2D eigenvalue weighted by Crippen LogP contribution is 2.30. The third-order valence-corrected chi connectivity index (χ3v) is 3.59. The number of rotatable bonds is 2. The quantitative estimate of drug-likeness (QED) is 0.849. The normalized spacial score (nSPS) is 13.3. The minimum absolute atomic E-state index is 0.547. The van der Waals surface area contributed by atoms with Gasteiger partial charge in [0.25, 0.3) is 0 Å². The summed E-state index contributed by atoms with van der Waals surface area (Å²) in [4.78, 5) is 1.91. The van der Waals surface area contributed by atoms with E-state index in [0.717, 1.165) is 17.1 Å². The first kappa shape index (κ1) is 12.4. The monoisotopic (exact) mass is 295 g/mol. The molecule has 0 amide bonds. The van der Waals surface area contributed by atoms with Crippen LogP contribution >= 0.6 is 23.2 Å². The van der Waals surface area contributed by atoms with Crippen LogP contribution < -0.4 is 9.64 Å². The van der Waals surface area contributed by atoms with Gasteiger partial charge in [0.05, 0.1) is 22.8 Å². The van der Waals surface area contributed by atoms with E-state index in [2.05, 4.69) is 5.10 Å².